The number of guanidine groups is 1. The van der Waals surface area contributed by atoms with Crippen molar-refractivity contribution < 1.29 is 4.79 Å². The van der Waals surface area contributed by atoms with Crippen LogP contribution >= 0.6 is 0 Å². The van der Waals surface area contributed by atoms with E-state index in [-0.39, 0.29) is 24.0 Å². The van der Waals surface area contributed by atoms with E-state index in [2.05, 4.69) is 56.8 Å². The monoisotopic (exact) mass is 342 g/mol. The molecule has 0 aromatic heterocycles. The summed E-state index contributed by atoms with van der Waals surface area (Å²) in [4.78, 5) is 19.0. The van der Waals surface area contributed by atoms with Crippen molar-refractivity contribution in [3.63, 3.8) is 0 Å². The molecule has 0 aliphatic carbocycles. The largest absolute Gasteiger partial charge is 0.333 e. The summed E-state index contributed by atoms with van der Waals surface area (Å²) in [5.74, 6) is 0.181. The predicted molar refractivity (Wildman–Crippen MR) is 99.4 cm³/mol. The number of hydrazone groups is 1. The SMILES string of the molecule is CCc1ccc(C(CN=C2NC(=O)C3C=NN(C)C3N2)N(C)C)cc1. The Labute approximate surface area is 148 Å². The van der Waals surface area contributed by atoms with Crippen LogP contribution < -0.4 is 10.6 Å². The maximum absolute atomic E-state index is 12.2. The molecular weight excluding hydrogens is 316 g/mol. The number of fused-ring (bicyclic) bond motifs is 1. The first-order chi connectivity index (χ1) is 12.0. The fraction of sp³-hybridized carbons (Fsp3) is 0.500. The van der Waals surface area contributed by atoms with Gasteiger partial charge in [-0.15, -0.1) is 0 Å². The number of amides is 1. The third kappa shape index (κ3) is 3.66. The zero-order valence-electron chi connectivity index (χ0n) is 15.2. The fourth-order valence-electron chi connectivity index (χ4n) is 3.14. The van der Waals surface area contributed by atoms with E-state index in [1.807, 2.05) is 21.1 Å². The Bertz CT molecular complexity index is 681. The molecule has 7 heteroatoms. The van der Waals surface area contributed by atoms with Crippen molar-refractivity contribution in [2.75, 3.05) is 27.7 Å². The molecule has 2 aliphatic heterocycles. The highest BCUT2D eigenvalue weighted by Crippen LogP contribution is 2.20. The predicted octanol–water partition coefficient (Wildman–Crippen LogP) is 0.801. The highest BCUT2D eigenvalue weighted by Gasteiger charge is 2.39. The van der Waals surface area contributed by atoms with Gasteiger partial charge in [0.2, 0.25) is 5.91 Å². The van der Waals surface area contributed by atoms with Crippen LogP contribution in [0.2, 0.25) is 0 Å². The first-order valence-electron chi connectivity index (χ1n) is 8.63. The van der Waals surface area contributed by atoms with Crippen LogP contribution in [-0.2, 0) is 11.2 Å². The van der Waals surface area contributed by atoms with Gasteiger partial charge >= 0.3 is 0 Å². The van der Waals surface area contributed by atoms with E-state index in [0.29, 0.717) is 12.5 Å². The van der Waals surface area contributed by atoms with Gasteiger partial charge in [-0.3, -0.25) is 20.1 Å². The molecule has 1 saturated heterocycles. The van der Waals surface area contributed by atoms with Crippen LogP contribution in [0.3, 0.4) is 0 Å². The average molecular weight is 342 g/mol. The van der Waals surface area contributed by atoms with Gasteiger partial charge in [0, 0.05) is 13.3 Å². The lowest BCUT2D eigenvalue weighted by Crippen LogP contribution is -2.61. The Morgan fingerprint density at radius 2 is 2.04 bits per heavy atom. The summed E-state index contributed by atoms with van der Waals surface area (Å²) in [6.07, 6.45) is 2.54. The number of hydrogen-bond acceptors (Lipinski definition) is 5. The molecule has 1 fully saturated rings. The lowest BCUT2D eigenvalue weighted by atomic mass is 10.0. The van der Waals surface area contributed by atoms with Crippen molar-refractivity contribution in [1.29, 1.82) is 0 Å². The van der Waals surface area contributed by atoms with Gasteiger partial charge in [0.25, 0.3) is 0 Å². The van der Waals surface area contributed by atoms with Gasteiger partial charge in [-0.1, -0.05) is 31.2 Å². The Morgan fingerprint density at radius 1 is 1.32 bits per heavy atom. The number of likely N-dealkylation sites (N-methyl/N-ethyl adjacent to an activating group) is 1. The molecule has 25 heavy (non-hydrogen) atoms. The van der Waals surface area contributed by atoms with Gasteiger partial charge in [-0.2, -0.15) is 5.10 Å². The lowest BCUT2D eigenvalue weighted by molar-refractivity contribution is -0.123. The van der Waals surface area contributed by atoms with Crippen LogP contribution in [0.5, 0.6) is 0 Å². The van der Waals surface area contributed by atoms with Crippen LogP contribution in [0.4, 0.5) is 0 Å². The van der Waals surface area contributed by atoms with E-state index < -0.39 is 0 Å². The fourth-order valence-corrected chi connectivity index (χ4v) is 3.14. The molecule has 2 aliphatic rings. The number of aryl methyl sites for hydroxylation is 1. The van der Waals surface area contributed by atoms with Gasteiger partial charge in [0.1, 0.15) is 12.1 Å². The number of carbonyl (C=O) groups is 1. The minimum absolute atomic E-state index is 0.0655. The maximum Gasteiger partial charge on any atom is 0.239 e. The first kappa shape index (κ1) is 17.4. The molecule has 0 radical (unpaired) electrons. The molecule has 3 unspecified atom stereocenters. The lowest BCUT2D eigenvalue weighted by Gasteiger charge is -2.31. The van der Waals surface area contributed by atoms with Crippen LogP contribution in [-0.4, -0.2) is 61.8 Å². The quantitative estimate of drug-likeness (QED) is 0.830. The van der Waals surface area contributed by atoms with Crippen LogP contribution in [0.1, 0.15) is 24.1 Å². The summed E-state index contributed by atoms with van der Waals surface area (Å²) in [5.41, 5.74) is 2.54. The van der Waals surface area contributed by atoms with Gasteiger partial charge in [0.15, 0.2) is 5.96 Å². The summed E-state index contributed by atoms with van der Waals surface area (Å²) < 4.78 is 0. The van der Waals surface area contributed by atoms with Crippen molar-refractivity contribution in [3.05, 3.63) is 35.4 Å². The van der Waals surface area contributed by atoms with Crippen molar-refractivity contribution in [1.82, 2.24) is 20.5 Å². The number of aliphatic imine (C=N–C) groups is 1. The molecule has 1 aromatic rings. The van der Waals surface area contributed by atoms with Gasteiger partial charge in [0.05, 0.1) is 12.6 Å². The number of hydrogen-bond donors (Lipinski definition) is 2. The van der Waals surface area contributed by atoms with Crippen LogP contribution in [0.15, 0.2) is 34.4 Å². The minimum Gasteiger partial charge on any atom is -0.333 e. The summed E-state index contributed by atoms with van der Waals surface area (Å²) in [6.45, 7) is 2.71. The summed E-state index contributed by atoms with van der Waals surface area (Å²) >= 11 is 0. The second-order valence-electron chi connectivity index (χ2n) is 6.71. The molecular formula is C18H26N6O. The molecule has 1 aromatic carbocycles. The van der Waals surface area contributed by atoms with Crippen LogP contribution in [0, 0.1) is 5.92 Å². The van der Waals surface area contributed by atoms with E-state index in [4.69, 9.17) is 0 Å². The molecule has 3 rings (SSSR count). The van der Waals surface area contributed by atoms with Gasteiger partial charge in [-0.05, 0) is 31.6 Å². The second kappa shape index (κ2) is 7.23. The van der Waals surface area contributed by atoms with Crippen molar-refractivity contribution in [3.8, 4) is 0 Å². The molecule has 0 bridgehead atoms. The van der Waals surface area contributed by atoms with Crippen molar-refractivity contribution in [2.24, 2.45) is 16.0 Å². The van der Waals surface area contributed by atoms with E-state index in [1.165, 1.54) is 11.1 Å². The molecule has 134 valence electrons. The number of nitrogens with zero attached hydrogens (tertiary/aromatic N) is 4. The van der Waals surface area contributed by atoms with E-state index in [9.17, 15) is 4.79 Å². The summed E-state index contributed by atoms with van der Waals surface area (Å²) in [6, 6.07) is 8.79. The average Bonchev–Trinajstić information content (AvgIpc) is 2.97. The molecule has 2 N–H and O–H groups in total. The summed E-state index contributed by atoms with van der Waals surface area (Å²) in [7, 11) is 5.93. The molecule has 2 heterocycles. The Morgan fingerprint density at radius 3 is 2.68 bits per heavy atom. The first-order valence-corrected chi connectivity index (χ1v) is 8.63. The van der Waals surface area contributed by atoms with E-state index in [1.54, 1.807) is 11.2 Å². The normalized spacial score (nSPS) is 25.1. The Hall–Kier alpha value is -2.41. The minimum atomic E-state index is -0.268. The van der Waals surface area contributed by atoms with Crippen LogP contribution in [0.25, 0.3) is 0 Å². The zero-order valence-corrected chi connectivity index (χ0v) is 15.2. The highest BCUT2D eigenvalue weighted by molar-refractivity contribution is 6.07. The zero-order chi connectivity index (χ0) is 18.0. The van der Waals surface area contributed by atoms with Gasteiger partial charge in [-0.25, -0.2) is 0 Å². The topological polar surface area (TPSA) is 72.3 Å². The molecule has 7 nitrogen and oxygen atoms in total. The van der Waals surface area contributed by atoms with Gasteiger partial charge < -0.3 is 10.2 Å². The number of nitrogens with one attached hydrogen (secondary N) is 2. The molecule has 1 amide bonds. The highest BCUT2D eigenvalue weighted by atomic mass is 16.2. The number of rotatable bonds is 5. The second-order valence-corrected chi connectivity index (χ2v) is 6.71. The molecule has 0 spiro atoms. The third-order valence-electron chi connectivity index (χ3n) is 4.80. The molecule has 0 saturated carbocycles. The number of benzene rings is 1. The molecule has 3 atom stereocenters. The standard InChI is InChI=1S/C18H26N6O/c1-5-12-6-8-13(9-7-12)15(23(2)3)11-19-18-21-16-14(17(25)22-18)10-20-24(16)4/h6-10,14-16H,5,11H2,1-4H3,(H2,19,21,22,25). The van der Waals surface area contributed by atoms with E-state index >= 15 is 0 Å². The Kier molecular flexibility index (Phi) is 5.03. The number of carbonyl (C=O) groups excluding carboxylic acids is 1. The van der Waals surface area contributed by atoms with Crippen molar-refractivity contribution >= 4 is 18.1 Å². The van der Waals surface area contributed by atoms with E-state index in [0.717, 1.165) is 6.42 Å². The van der Waals surface area contributed by atoms with Crippen molar-refractivity contribution in [2.45, 2.75) is 25.6 Å². The maximum atomic E-state index is 12.2. The summed E-state index contributed by atoms with van der Waals surface area (Å²) in [5, 5.41) is 12.0. The smallest absolute Gasteiger partial charge is 0.239 e. The Balaban J connectivity index is 1.72. The third-order valence-corrected chi connectivity index (χ3v) is 4.80.